The van der Waals surface area contributed by atoms with Gasteiger partial charge in [-0.25, -0.2) is 0 Å². The van der Waals surface area contributed by atoms with E-state index in [-0.39, 0.29) is 11.4 Å². The fourth-order valence-electron chi connectivity index (χ4n) is 1.68. The van der Waals surface area contributed by atoms with Crippen LogP contribution in [0.3, 0.4) is 0 Å². The van der Waals surface area contributed by atoms with Gasteiger partial charge in [-0.05, 0) is 18.2 Å². The lowest BCUT2D eigenvalue weighted by Crippen LogP contribution is -1.99. The van der Waals surface area contributed by atoms with E-state index < -0.39 is 15.5 Å². The van der Waals surface area contributed by atoms with Gasteiger partial charge in [0.25, 0.3) is 5.69 Å². The Labute approximate surface area is 139 Å². The Morgan fingerprint density at radius 3 is 2.26 bits per heavy atom. The maximum Gasteiger partial charge on any atom is 0.301 e. The molecule has 23 heavy (non-hydrogen) atoms. The topological polar surface area (TPSA) is 111 Å². The zero-order valence-electron chi connectivity index (χ0n) is 11.3. The number of hydrogen-bond donors (Lipinski definition) is 1. The number of nitro benzene ring substituents is 2. The predicted octanol–water partition coefficient (Wildman–Crippen LogP) is 4.26. The minimum atomic E-state index is -0.743. The summed E-state index contributed by atoms with van der Waals surface area (Å²) >= 11 is 11.9. The van der Waals surface area contributed by atoms with Crippen LogP contribution in [0.25, 0.3) is 0 Å². The molecule has 8 nitrogen and oxygen atoms in total. The summed E-state index contributed by atoms with van der Waals surface area (Å²) in [6.07, 6.45) is 1.30. The van der Waals surface area contributed by atoms with Gasteiger partial charge in [-0.1, -0.05) is 29.3 Å². The van der Waals surface area contributed by atoms with E-state index in [1.54, 1.807) is 18.2 Å². The Hall–Kier alpha value is -2.71. The minimum absolute atomic E-state index is 0.0000241. The monoisotopic (exact) mass is 354 g/mol. The first-order valence-corrected chi connectivity index (χ1v) is 6.81. The Kier molecular flexibility index (Phi) is 5.09. The van der Waals surface area contributed by atoms with Crippen molar-refractivity contribution in [3.8, 4) is 0 Å². The van der Waals surface area contributed by atoms with Gasteiger partial charge < -0.3 is 0 Å². The largest absolute Gasteiger partial charge is 0.301 e. The predicted molar refractivity (Wildman–Crippen MR) is 87.4 cm³/mol. The van der Waals surface area contributed by atoms with E-state index in [4.69, 9.17) is 23.2 Å². The minimum Gasteiger partial charge on any atom is -0.272 e. The molecule has 2 aromatic carbocycles. The van der Waals surface area contributed by atoms with Crippen LogP contribution in [0.5, 0.6) is 0 Å². The summed E-state index contributed by atoms with van der Waals surface area (Å²) in [5, 5.41) is 26.2. The number of hydrazone groups is 1. The molecule has 0 fully saturated rings. The molecule has 0 saturated carbocycles. The molecule has 0 aliphatic rings. The van der Waals surface area contributed by atoms with Crippen LogP contribution in [-0.4, -0.2) is 16.1 Å². The van der Waals surface area contributed by atoms with Gasteiger partial charge in [-0.2, -0.15) is 5.10 Å². The molecule has 118 valence electrons. The second kappa shape index (κ2) is 7.03. The molecular formula is C13H8Cl2N4O4. The standard InChI is InChI=1S/C13H8Cl2N4O4/c14-10-2-1-3-11(15)9(10)7-16-17-12-5-4-8(18(20)21)6-13(12)19(22)23/h1-7,17H/b16-7+. The summed E-state index contributed by atoms with van der Waals surface area (Å²) in [5.74, 6) is 0. The van der Waals surface area contributed by atoms with Crippen molar-refractivity contribution in [3.63, 3.8) is 0 Å². The molecule has 2 rings (SSSR count). The van der Waals surface area contributed by atoms with Gasteiger partial charge >= 0.3 is 5.69 Å². The van der Waals surface area contributed by atoms with Gasteiger partial charge in [-0.15, -0.1) is 0 Å². The van der Waals surface area contributed by atoms with Crippen molar-refractivity contribution in [1.29, 1.82) is 0 Å². The van der Waals surface area contributed by atoms with Crippen molar-refractivity contribution < 1.29 is 9.85 Å². The zero-order chi connectivity index (χ0) is 17.0. The maximum atomic E-state index is 11.0. The highest BCUT2D eigenvalue weighted by Crippen LogP contribution is 2.29. The number of anilines is 1. The second-order valence-corrected chi connectivity index (χ2v) is 5.04. The van der Waals surface area contributed by atoms with Gasteiger partial charge in [0, 0.05) is 11.6 Å². The molecule has 0 bridgehead atoms. The lowest BCUT2D eigenvalue weighted by Gasteiger charge is -2.03. The van der Waals surface area contributed by atoms with Crippen molar-refractivity contribution in [2.75, 3.05) is 5.43 Å². The van der Waals surface area contributed by atoms with Crippen LogP contribution in [0.2, 0.25) is 10.0 Å². The van der Waals surface area contributed by atoms with Gasteiger partial charge in [-0.3, -0.25) is 25.7 Å². The second-order valence-electron chi connectivity index (χ2n) is 4.22. The Bertz CT molecular complexity index is 790. The third kappa shape index (κ3) is 3.93. The summed E-state index contributed by atoms with van der Waals surface area (Å²) in [7, 11) is 0. The molecule has 0 aliphatic carbocycles. The fourth-order valence-corrected chi connectivity index (χ4v) is 2.17. The van der Waals surface area contributed by atoms with Crippen LogP contribution < -0.4 is 5.43 Å². The van der Waals surface area contributed by atoms with Crippen molar-refractivity contribution >= 4 is 46.5 Å². The van der Waals surface area contributed by atoms with Crippen molar-refractivity contribution in [2.24, 2.45) is 5.10 Å². The summed E-state index contributed by atoms with van der Waals surface area (Å²) in [6.45, 7) is 0. The molecule has 0 aliphatic heterocycles. The summed E-state index contributed by atoms with van der Waals surface area (Å²) in [5.41, 5.74) is 2.03. The third-order valence-corrected chi connectivity index (χ3v) is 3.43. The summed E-state index contributed by atoms with van der Waals surface area (Å²) in [6, 6.07) is 8.07. The maximum absolute atomic E-state index is 11.0. The molecule has 0 radical (unpaired) electrons. The lowest BCUT2D eigenvalue weighted by molar-refractivity contribution is -0.393. The van der Waals surface area contributed by atoms with Crippen LogP contribution in [0.15, 0.2) is 41.5 Å². The summed E-state index contributed by atoms with van der Waals surface area (Å²) < 4.78 is 0. The molecule has 0 amide bonds. The van der Waals surface area contributed by atoms with E-state index in [9.17, 15) is 20.2 Å². The van der Waals surface area contributed by atoms with E-state index in [0.29, 0.717) is 15.6 Å². The first-order valence-electron chi connectivity index (χ1n) is 6.06. The first kappa shape index (κ1) is 16.7. The third-order valence-electron chi connectivity index (χ3n) is 2.77. The number of benzene rings is 2. The highest BCUT2D eigenvalue weighted by atomic mass is 35.5. The average Bonchev–Trinajstić information content (AvgIpc) is 2.50. The quantitative estimate of drug-likeness (QED) is 0.489. The van der Waals surface area contributed by atoms with Crippen LogP contribution in [-0.2, 0) is 0 Å². The zero-order valence-corrected chi connectivity index (χ0v) is 12.8. The van der Waals surface area contributed by atoms with Gasteiger partial charge in [0.05, 0.1) is 32.2 Å². The molecule has 1 N–H and O–H groups in total. The molecule has 0 heterocycles. The first-order chi connectivity index (χ1) is 10.9. The number of nitro groups is 2. The highest BCUT2D eigenvalue weighted by Gasteiger charge is 2.19. The van der Waals surface area contributed by atoms with Crippen LogP contribution >= 0.6 is 23.2 Å². The Morgan fingerprint density at radius 1 is 1.04 bits per heavy atom. The van der Waals surface area contributed by atoms with E-state index in [2.05, 4.69) is 10.5 Å². The molecular weight excluding hydrogens is 347 g/mol. The average molecular weight is 355 g/mol. The molecule has 2 aromatic rings. The molecule has 0 atom stereocenters. The Morgan fingerprint density at radius 2 is 1.70 bits per heavy atom. The van der Waals surface area contributed by atoms with Crippen LogP contribution in [0.1, 0.15) is 5.56 Å². The molecule has 0 saturated heterocycles. The van der Waals surface area contributed by atoms with E-state index in [0.717, 1.165) is 12.1 Å². The highest BCUT2D eigenvalue weighted by molar-refractivity contribution is 6.38. The van der Waals surface area contributed by atoms with Crippen molar-refractivity contribution in [2.45, 2.75) is 0 Å². The summed E-state index contributed by atoms with van der Waals surface area (Å²) in [4.78, 5) is 20.2. The van der Waals surface area contributed by atoms with E-state index >= 15 is 0 Å². The van der Waals surface area contributed by atoms with Gasteiger partial charge in [0.15, 0.2) is 0 Å². The number of rotatable bonds is 5. The number of non-ortho nitro benzene ring substituents is 1. The van der Waals surface area contributed by atoms with E-state index in [1.807, 2.05) is 0 Å². The Balaban J connectivity index is 2.28. The fraction of sp³-hybridized carbons (Fsp3) is 0. The van der Waals surface area contributed by atoms with E-state index in [1.165, 1.54) is 12.3 Å². The smallest absolute Gasteiger partial charge is 0.272 e. The normalized spacial score (nSPS) is 10.7. The number of halogens is 2. The molecule has 0 spiro atoms. The van der Waals surface area contributed by atoms with Crippen LogP contribution in [0, 0.1) is 20.2 Å². The number of nitrogens with zero attached hydrogens (tertiary/aromatic N) is 3. The number of hydrogen-bond acceptors (Lipinski definition) is 6. The van der Waals surface area contributed by atoms with Crippen molar-refractivity contribution in [3.05, 3.63) is 72.2 Å². The SMILES string of the molecule is O=[N+]([O-])c1ccc(N/N=C/c2c(Cl)cccc2Cl)c([N+](=O)[O-])c1. The lowest BCUT2D eigenvalue weighted by atomic mass is 10.2. The van der Waals surface area contributed by atoms with Gasteiger partial charge in [0.2, 0.25) is 0 Å². The molecule has 0 aromatic heterocycles. The molecule has 10 heteroatoms. The number of nitrogens with one attached hydrogen (secondary N) is 1. The van der Waals surface area contributed by atoms with Crippen molar-refractivity contribution in [1.82, 2.24) is 0 Å². The molecule has 0 unspecified atom stereocenters. The van der Waals surface area contributed by atoms with Gasteiger partial charge in [0.1, 0.15) is 5.69 Å². The van der Waals surface area contributed by atoms with Crippen LogP contribution in [0.4, 0.5) is 17.1 Å².